The first kappa shape index (κ1) is 45.4. The van der Waals surface area contributed by atoms with Crippen molar-refractivity contribution in [1.82, 2.24) is 35.0 Å². The Bertz CT molecular complexity index is 2840. The number of carbonyl (C=O) groups excluding carboxylic acids is 3. The lowest BCUT2D eigenvalue weighted by Gasteiger charge is -2.43. The molecule has 0 spiro atoms. The number of fused-ring (bicyclic) bond motifs is 3. The second-order valence-electron chi connectivity index (χ2n) is 20.8. The number of benzene rings is 3. The Labute approximate surface area is 401 Å². The van der Waals surface area contributed by atoms with Crippen molar-refractivity contribution < 1.29 is 33.0 Å². The monoisotopic (exact) mass is 941 g/mol. The molecule has 3 aromatic carbocycles. The highest BCUT2D eigenvalue weighted by atomic mass is 19.1. The minimum Gasteiger partial charge on any atom is -0.508 e. The van der Waals surface area contributed by atoms with Crippen LogP contribution < -0.4 is 19.9 Å². The second-order valence-corrected chi connectivity index (χ2v) is 20.8. The van der Waals surface area contributed by atoms with Gasteiger partial charge in [0.2, 0.25) is 11.8 Å². The van der Waals surface area contributed by atoms with Crippen molar-refractivity contribution >= 4 is 50.9 Å². The molecule has 11 rings (SSSR count). The summed E-state index contributed by atoms with van der Waals surface area (Å²) in [5.74, 6) is -0.365. The van der Waals surface area contributed by atoms with Gasteiger partial charge in [-0.1, -0.05) is 32.0 Å². The number of nitrogens with one attached hydrogen (secondary N) is 1. The van der Waals surface area contributed by atoms with E-state index in [1.165, 1.54) is 0 Å². The van der Waals surface area contributed by atoms with E-state index in [4.69, 9.17) is 19.7 Å². The Kier molecular flexibility index (Phi) is 11.9. The van der Waals surface area contributed by atoms with Crippen molar-refractivity contribution in [3.63, 3.8) is 0 Å². The lowest BCUT2D eigenvalue weighted by molar-refractivity contribution is -0.136. The molecule has 16 heteroatoms. The van der Waals surface area contributed by atoms with E-state index >= 15 is 8.78 Å². The maximum atomic E-state index is 17.1. The summed E-state index contributed by atoms with van der Waals surface area (Å²) in [5.41, 5.74) is 2.92. The average Bonchev–Trinajstić information content (AvgIpc) is 4.04. The number of phenols is 1. The summed E-state index contributed by atoms with van der Waals surface area (Å²) in [5, 5.41) is 15.3. The molecule has 5 aliphatic heterocycles. The zero-order chi connectivity index (χ0) is 47.6. The van der Waals surface area contributed by atoms with Crippen LogP contribution in [0.3, 0.4) is 0 Å². The van der Waals surface area contributed by atoms with E-state index in [-0.39, 0.29) is 46.6 Å². The predicted molar refractivity (Wildman–Crippen MR) is 260 cm³/mol. The number of anilines is 2. The van der Waals surface area contributed by atoms with Crippen molar-refractivity contribution in [3.8, 4) is 23.0 Å². The maximum Gasteiger partial charge on any atom is 0.319 e. The molecule has 1 saturated carbocycles. The van der Waals surface area contributed by atoms with Crippen molar-refractivity contribution in [3.05, 3.63) is 77.2 Å². The normalized spacial score (nSPS) is 22.9. The topological polar surface area (TPSA) is 148 Å². The number of imide groups is 1. The minimum absolute atomic E-state index is 0.0371. The third kappa shape index (κ3) is 8.94. The molecule has 6 aliphatic rings. The molecule has 3 amide bonds. The molecule has 1 aliphatic carbocycles. The van der Waals surface area contributed by atoms with Gasteiger partial charge in [-0.15, -0.1) is 0 Å². The molecule has 0 bridgehead atoms. The van der Waals surface area contributed by atoms with E-state index in [2.05, 4.69) is 38.8 Å². The summed E-state index contributed by atoms with van der Waals surface area (Å²) in [7, 11) is 0. The number of carbonyl (C=O) groups is 3. The summed E-state index contributed by atoms with van der Waals surface area (Å²) < 4.78 is 40.2. The third-order valence-corrected chi connectivity index (χ3v) is 15.8. The highest BCUT2D eigenvalue weighted by molar-refractivity contribution is 6.06. The molecule has 0 radical (unpaired) electrons. The van der Waals surface area contributed by atoms with Crippen LogP contribution in [-0.4, -0.2) is 136 Å². The van der Waals surface area contributed by atoms with E-state index in [1.807, 2.05) is 36.4 Å². The quantitative estimate of drug-likeness (QED) is 0.124. The van der Waals surface area contributed by atoms with Crippen LogP contribution in [0.1, 0.15) is 86.7 Å². The van der Waals surface area contributed by atoms with Crippen molar-refractivity contribution in [2.75, 3.05) is 81.9 Å². The number of likely N-dealkylation sites (tertiary alicyclic amines) is 1. The average molecular weight is 942 g/mol. The minimum atomic E-state index is -1.28. The first-order valence-corrected chi connectivity index (χ1v) is 25.0. The molecule has 14 nitrogen and oxygen atoms in total. The number of alkyl halides is 1. The molecule has 362 valence electrons. The Morgan fingerprint density at radius 1 is 0.884 bits per heavy atom. The summed E-state index contributed by atoms with van der Waals surface area (Å²) in [6.45, 7) is 12.0. The lowest BCUT2D eigenvalue weighted by Crippen LogP contribution is -2.54. The molecule has 5 aromatic rings. The van der Waals surface area contributed by atoms with Gasteiger partial charge in [-0.3, -0.25) is 29.6 Å². The fraction of sp³-hybridized carbons (Fsp3) is 0.509. The summed E-state index contributed by atoms with van der Waals surface area (Å²) >= 11 is 0. The van der Waals surface area contributed by atoms with Crippen LogP contribution in [0.25, 0.3) is 32.9 Å². The zero-order valence-electron chi connectivity index (χ0n) is 39.6. The number of aromatic hydroxyl groups is 1. The molecular formula is C53H61F2N9O5. The molecular weight excluding hydrogens is 881 g/mol. The third-order valence-electron chi connectivity index (χ3n) is 15.8. The van der Waals surface area contributed by atoms with Gasteiger partial charge < -0.3 is 29.4 Å². The van der Waals surface area contributed by atoms with E-state index in [1.54, 1.807) is 23.2 Å². The molecule has 5 fully saturated rings. The Morgan fingerprint density at radius 3 is 2.43 bits per heavy atom. The standard InChI is InChI=1S/C53H61F2N9O5/c1-3-34-7-4-8-35-25-38(65)26-40(44(34)35)46-45(54)47-41(27-56-46)48(63-17-5-6-33(2)28-63)59-51(58-47)69-32-52(13-14-52)30-60-18-15-53(55,16-19-60)31-61-20-22-62(23-21-61)37-9-10-39-36(24-37)29-64(50(39)68)42-11-12-43(66)57-49(42)67/h4,7-10,24-27,33,42,65H,3,5-6,11-23,28-32H2,1-2H3,(H,57,66,67)/t33-,42-/m0/s1. The molecule has 7 heterocycles. The van der Waals surface area contributed by atoms with Gasteiger partial charge >= 0.3 is 6.01 Å². The van der Waals surface area contributed by atoms with Crippen LogP contribution in [0.4, 0.5) is 20.3 Å². The first-order valence-electron chi connectivity index (χ1n) is 25.0. The highest BCUT2D eigenvalue weighted by Gasteiger charge is 2.47. The van der Waals surface area contributed by atoms with Crippen LogP contribution in [-0.2, 0) is 22.6 Å². The van der Waals surface area contributed by atoms with Gasteiger partial charge in [0.15, 0.2) is 5.82 Å². The molecule has 2 N–H and O–H groups in total. The Morgan fingerprint density at radius 2 is 1.68 bits per heavy atom. The second kappa shape index (κ2) is 18.1. The summed E-state index contributed by atoms with van der Waals surface area (Å²) in [6.07, 6.45) is 7.94. The van der Waals surface area contributed by atoms with Crippen LogP contribution in [0, 0.1) is 17.2 Å². The Balaban J connectivity index is 0.721. The molecule has 2 aromatic heterocycles. The molecule has 69 heavy (non-hydrogen) atoms. The van der Waals surface area contributed by atoms with Gasteiger partial charge in [0, 0.05) is 107 Å². The molecule has 4 saturated heterocycles. The molecule has 2 atom stereocenters. The summed E-state index contributed by atoms with van der Waals surface area (Å²) in [6, 6.07) is 14.5. The number of rotatable bonds is 12. The van der Waals surface area contributed by atoms with Gasteiger partial charge in [0.25, 0.3) is 5.91 Å². The van der Waals surface area contributed by atoms with Gasteiger partial charge in [-0.2, -0.15) is 9.97 Å². The number of hydrogen-bond acceptors (Lipinski definition) is 12. The van der Waals surface area contributed by atoms with E-state index in [9.17, 15) is 19.5 Å². The number of aromatic nitrogens is 3. The fourth-order valence-electron chi connectivity index (χ4n) is 11.7. The number of halogens is 2. The van der Waals surface area contributed by atoms with Crippen molar-refractivity contribution in [2.24, 2.45) is 11.3 Å². The largest absolute Gasteiger partial charge is 0.508 e. The van der Waals surface area contributed by atoms with Gasteiger partial charge in [-0.25, -0.2) is 8.78 Å². The fourth-order valence-corrected chi connectivity index (χ4v) is 11.7. The lowest BCUT2D eigenvalue weighted by atomic mass is 9.91. The zero-order valence-corrected chi connectivity index (χ0v) is 39.6. The van der Waals surface area contributed by atoms with E-state index < -0.39 is 23.4 Å². The van der Waals surface area contributed by atoms with Crippen molar-refractivity contribution in [2.45, 2.75) is 89.9 Å². The van der Waals surface area contributed by atoms with Crippen LogP contribution in [0.15, 0.2) is 54.7 Å². The number of piperazine rings is 1. The highest BCUT2D eigenvalue weighted by Crippen LogP contribution is 2.48. The van der Waals surface area contributed by atoms with Gasteiger partial charge in [0.1, 0.15) is 34.5 Å². The number of pyridine rings is 1. The van der Waals surface area contributed by atoms with Crippen LogP contribution >= 0.6 is 0 Å². The number of piperidine rings is 3. The number of hydrogen-bond donors (Lipinski definition) is 2. The summed E-state index contributed by atoms with van der Waals surface area (Å²) in [4.78, 5) is 62.5. The van der Waals surface area contributed by atoms with Crippen molar-refractivity contribution in [1.29, 1.82) is 0 Å². The number of phenolic OH excluding ortho intramolecular Hbond substituents is 1. The number of ether oxygens (including phenoxy) is 1. The van der Waals surface area contributed by atoms with Gasteiger partial charge in [0.05, 0.1) is 12.0 Å². The van der Waals surface area contributed by atoms with E-state index in [0.717, 1.165) is 106 Å². The first-order chi connectivity index (χ1) is 33.3. The van der Waals surface area contributed by atoms with Gasteiger partial charge in [-0.05, 0) is 110 Å². The number of nitrogens with zero attached hydrogens (tertiary/aromatic N) is 8. The SMILES string of the molecule is CCc1cccc2cc(O)cc(-c3ncc4c(N5CCC[C@H](C)C5)nc(OCC5(CN6CCC(F)(CN7CCN(c8ccc9c(c8)CN([C@H]8CCC(=O)NC8=O)C9=O)CC7)CC6)CC5)nc4c3F)c12. The van der Waals surface area contributed by atoms with Crippen LogP contribution in [0.5, 0.6) is 11.8 Å². The Hall–Kier alpha value is -6.00. The smallest absolute Gasteiger partial charge is 0.319 e. The molecule has 0 unspecified atom stereocenters. The number of amides is 3. The van der Waals surface area contributed by atoms with E-state index in [0.29, 0.717) is 80.3 Å². The predicted octanol–water partition coefficient (Wildman–Crippen LogP) is 7.03. The maximum absolute atomic E-state index is 17.1. The number of aryl methyl sites for hydroxylation is 1. The van der Waals surface area contributed by atoms with Crippen LogP contribution in [0.2, 0.25) is 0 Å².